The Hall–Kier alpha value is -2.20. The van der Waals surface area contributed by atoms with E-state index in [1.807, 2.05) is 42.5 Å². The molecule has 4 rings (SSSR count). The summed E-state index contributed by atoms with van der Waals surface area (Å²) in [6.45, 7) is 0. The van der Waals surface area contributed by atoms with Crippen molar-refractivity contribution in [3.8, 4) is 0 Å². The molecule has 1 aliphatic rings. The van der Waals surface area contributed by atoms with Gasteiger partial charge in [0.05, 0.1) is 11.2 Å². The first-order valence-electron chi connectivity index (χ1n) is 7.62. The Kier molecular flexibility index (Phi) is 3.62. The van der Waals surface area contributed by atoms with Crippen molar-refractivity contribution >= 4 is 38.4 Å². The van der Waals surface area contributed by atoms with E-state index in [0.717, 1.165) is 27.5 Å². The first-order chi connectivity index (χ1) is 11.2. The Morgan fingerprint density at radius 1 is 1.09 bits per heavy atom. The third-order valence-corrected chi connectivity index (χ3v) is 4.84. The zero-order chi connectivity index (χ0) is 15.8. The second-order valence-corrected chi connectivity index (χ2v) is 6.79. The Balaban J connectivity index is 1.51. The van der Waals surface area contributed by atoms with Crippen LogP contribution in [-0.2, 0) is 4.79 Å². The fourth-order valence-electron chi connectivity index (χ4n) is 2.99. The highest BCUT2D eigenvalue weighted by Crippen LogP contribution is 2.48. The van der Waals surface area contributed by atoms with E-state index in [2.05, 4.69) is 38.4 Å². The van der Waals surface area contributed by atoms with Crippen LogP contribution in [0.1, 0.15) is 17.9 Å². The highest BCUT2D eigenvalue weighted by Gasteiger charge is 2.43. The van der Waals surface area contributed by atoms with Crippen LogP contribution in [-0.4, -0.2) is 10.9 Å². The van der Waals surface area contributed by atoms with E-state index >= 15 is 0 Å². The Morgan fingerprint density at radius 2 is 1.87 bits per heavy atom. The first kappa shape index (κ1) is 14.4. The average Bonchev–Trinajstić information content (AvgIpc) is 3.37. The number of nitrogens with zero attached hydrogens (tertiary/aromatic N) is 1. The molecule has 1 aliphatic carbocycles. The van der Waals surface area contributed by atoms with E-state index in [4.69, 9.17) is 0 Å². The number of carbonyl (C=O) groups is 1. The summed E-state index contributed by atoms with van der Waals surface area (Å²) in [7, 11) is 0. The van der Waals surface area contributed by atoms with Crippen LogP contribution in [0.3, 0.4) is 0 Å². The van der Waals surface area contributed by atoms with Crippen LogP contribution in [0.25, 0.3) is 10.9 Å². The van der Waals surface area contributed by atoms with Crippen LogP contribution in [0, 0.1) is 5.92 Å². The van der Waals surface area contributed by atoms with Gasteiger partial charge in [0.2, 0.25) is 5.91 Å². The summed E-state index contributed by atoms with van der Waals surface area (Å²) in [5.74, 6) is 0.456. The maximum absolute atomic E-state index is 12.5. The Labute approximate surface area is 142 Å². The summed E-state index contributed by atoms with van der Waals surface area (Å²) in [5.41, 5.74) is 2.85. The number of hydrogen-bond donors (Lipinski definition) is 1. The predicted molar refractivity (Wildman–Crippen MR) is 95.4 cm³/mol. The molecule has 2 atom stereocenters. The molecule has 1 fully saturated rings. The van der Waals surface area contributed by atoms with Gasteiger partial charge in [-0.1, -0.05) is 46.3 Å². The van der Waals surface area contributed by atoms with Gasteiger partial charge in [0.1, 0.15) is 0 Å². The Morgan fingerprint density at radius 3 is 2.70 bits per heavy atom. The molecule has 3 aromatic rings. The van der Waals surface area contributed by atoms with Crippen molar-refractivity contribution in [1.29, 1.82) is 0 Å². The van der Waals surface area contributed by atoms with Gasteiger partial charge in [-0.05, 0) is 42.2 Å². The number of hydrogen-bond acceptors (Lipinski definition) is 2. The lowest BCUT2D eigenvalue weighted by molar-refractivity contribution is -0.117. The molecule has 0 bridgehead atoms. The number of anilines is 1. The van der Waals surface area contributed by atoms with Crippen molar-refractivity contribution in [2.24, 2.45) is 5.92 Å². The largest absolute Gasteiger partial charge is 0.324 e. The molecule has 1 N–H and O–H groups in total. The smallest absolute Gasteiger partial charge is 0.228 e. The van der Waals surface area contributed by atoms with Gasteiger partial charge in [-0.15, -0.1) is 0 Å². The zero-order valence-electron chi connectivity index (χ0n) is 12.4. The third kappa shape index (κ3) is 2.86. The normalized spacial score (nSPS) is 19.5. The molecule has 114 valence electrons. The van der Waals surface area contributed by atoms with Crippen molar-refractivity contribution in [2.75, 3.05) is 5.32 Å². The second-order valence-electron chi connectivity index (χ2n) is 5.87. The number of halogens is 1. The number of nitrogens with one attached hydrogen (secondary N) is 1. The molecule has 0 spiro atoms. The van der Waals surface area contributed by atoms with Gasteiger partial charge in [0, 0.05) is 22.0 Å². The van der Waals surface area contributed by atoms with Gasteiger partial charge in [-0.3, -0.25) is 9.78 Å². The summed E-state index contributed by atoms with van der Waals surface area (Å²) < 4.78 is 1.06. The van der Waals surface area contributed by atoms with Crippen LogP contribution < -0.4 is 5.32 Å². The van der Waals surface area contributed by atoms with Crippen LogP contribution in [0.15, 0.2) is 65.3 Å². The molecule has 2 unspecified atom stereocenters. The fourth-order valence-corrected chi connectivity index (χ4v) is 3.26. The zero-order valence-corrected chi connectivity index (χ0v) is 14.0. The second kappa shape index (κ2) is 5.78. The molecule has 3 nitrogen and oxygen atoms in total. The molecule has 4 heteroatoms. The standard InChI is InChI=1S/C19H15BrN2O/c20-14-8-6-12(7-9-14)15-11-16(15)19(23)22-17-5-1-3-13-4-2-10-21-18(13)17/h1-10,15-16H,11H2,(H,22,23). The minimum atomic E-state index is 0.0511. The summed E-state index contributed by atoms with van der Waals surface area (Å²) >= 11 is 3.44. The van der Waals surface area contributed by atoms with Crippen molar-refractivity contribution in [2.45, 2.75) is 12.3 Å². The molecule has 0 radical (unpaired) electrons. The lowest BCUT2D eigenvalue weighted by Crippen LogP contribution is -2.15. The van der Waals surface area contributed by atoms with E-state index in [1.165, 1.54) is 5.56 Å². The summed E-state index contributed by atoms with van der Waals surface area (Å²) in [5, 5.41) is 4.08. The third-order valence-electron chi connectivity index (χ3n) is 4.32. The van der Waals surface area contributed by atoms with Crippen LogP contribution >= 0.6 is 15.9 Å². The molecule has 23 heavy (non-hydrogen) atoms. The Bertz CT molecular complexity index is 871. The van der Waals surface area contributed by atoms with Gasteiger partial charge >= 0.3 is 0 Å². The molecular weight excluding hydrogens is 352 g/mol. The van der Waals surface area contributed by atoms with E-state index in [1.54, 1.807) is 6.20 Å². The average molecular weight is 367 g/mol. The van der Waals surface area contributed by atoms with Crippen molar-refractivity contribution in [3.63, 3.8) is 0 Å². The van der Waals surface area contributed by atoms with E-state index in [9.17, 15) is 4.79 Å². The molecular formula is C19H15BrN2O. The van der Waals surface area contributed by atoms with Crippen LogP contribution in [0.2, 0.25) is 0 Å². The van der Waals surface area contributed by atoms with Crippen molar-refractivity contribution in [1.82, 2.24) is 4.98 Å². The minimum Gasteiger partial charge on any atom is -0.324 e. The summed E-state index contributed by atoms with van der Waals surface area (Å²) in [4.78, 5) is 16.9. The molecule has 1 saturated carbocycles. The molecule has 0 saturated heterocycles. The van der Waals surface area contributed by atoms with Crippen LogP contribution in [0.5, 0.6) is 0 Å². The number of rotatable bonds is 3. The molecule has 1 heterocycles. The van der Waals surface area contributed by atoms with Gasteiger partial charge in [-0.25, -0.2) is 0 Å². The summed E-state index contributed by atoms with van der Waals surface area (Å²) in [6.07, 6.45) is 2.66. The number of amides is 1. The van der Waals surface area contributed by atoms with Crippen molar-refractivity contribution < 1.29 is 4.79 Å². The monoisotopic (exact) mass is 366 g/mol. The fraction of sp³-hybridized carbons (Fsp3) is 0.158. The SMILES string of the molecule is O=C(Nc1cccc2cccnc12)C1CC1c1ccc(Br)cc1. The number of pyridine rings is 1. The number of benzene rings is 2. The topological polar surface area (TPSA) is 42.0 Å². The molecule has 0 aliphatic heterocycles. The van der Waals surface area contributed by atoms with E-state index < -0.39 is 0 Å². The minimum absolute atomic E-state index is 0.0511. The number of aromatic nitrogens is 1. The quantitative estimate of drug-likeness (QED) is 0.727. The molecule has 1 aromatic heterocycles. The summed E-state index contributed by atoms with van der Waals surface area (Å²) in [6, 6.07) is 18.0. The van der Waals surface area contributed by atoms with Gasteiger partial charge in [0.15, 0.2) is 0 Å². The highest BCUT2D eigenvalue weighted by atomic mass is 79.9. The lowest BCUT2D eigenvalue weighted by Gasteiger charge is -2.08. The number of fused-ring (bicyclic) bond motifs is 1. The van der Waals surface area contributed by atoms with E-state index in [0.29, 0.717) is 5.92 Å². The number of para-hydroxylation sites is 1. The van der Waals surface area contributed by atoms with Gasteiger partial charge in [-0.2, -0.15) is 0 Å². The highest BCUT2D eigenvalue weighted by molar-refractivity contribution is 9.10. The van der Waals surface area contributed by atoms with Crippen LogP contribution in [0.4, 0.5) is 5.69 Å². The number of carbonyl (C=O) groups excluding carboxylic acids is 1. The van der Waals surface area contributed by atoms with Crippen molar-refractivity contribution in [3.05, 3.63) is 70.8 Å². The van der Waals surface area contributed by atoms with Gasteiger partial charge < -0.3 is 5.32 Å². The maximum atomic E-state index is 12.5. The maximum Gasteiger partial charge on any atom is 0.228 e. The molecule has 1 amide bonds. The molecule has 2 aromatic carbocycles. The van der Waals surface area contributed by atoms with E-state index in [-0.39, 0.29) is 11.8 Å². The first-order valence-corrected chi connectivity index (χ1v) is 8.42. The van der Waals surface area contributed by atoms with Gasteiger partial charge in [0.25, 0.3) is 0 Å². The predicted octanol–water partition coefficient (Wildman–Crippen LogP) is 4.74. The lowest BCUT2D eigenvalue weighted by atomic mass is 10.1.